The summed E-state index contributed by atoms with van der Waals surface area (Å²) in [5.74, 6) is -0.490. The minimum atomic E-state index is -1.45. The maximum Gasteiger partial charge on any atom is 0.254 e. The summed E-state index contributed by atoms with van der Waals surface area (Å²) >= 11 is 0. The van der Waals surface area contributed by atoms with Crippen LogP contribution < -0.4 is 0 Å². The average Bonchev–Trinajstić information content (AvgIpc) is 2.01. The van der Waals surface area contributed by atoms with Gasteiger partial charge in [0.25, 0.3) is 5.91 Å². The van der Waals surface area contributed by atoms with E-state index in [0.29, 0.717) is 0 Å². The van der Waals surface area contributed by atoms with Crippen molar-refractivity contribution in [3.8, 4) is 0 Å². The second-order valence-corrected chi connectivity index (χ2v) is 3.30. The minimum Gasteiger partial charge on any atom is -0.395 e. The number of amides is 1. The van der Waals surface area contributed by atoms with E-state index in [1.54, 1.807) is 0 Å². The first kappa shape index (κ1) is 12.3. The van der Waals surface area contributed by atoms with Crippen molar-refractivity contribution in [2.45, 2.75) is 19.4 Å². The van der Waals surface area contributed by atoms with Gasteiger partial charge in [0, 0.05) is 13.1 Å². The molecule has 78 valence electrons. The number of aliphatic hydroxyl groups excluding tert-OH is 2. The number of aliphatic hydroxyl groups is 3. The van der Waals surface area contributed by atoms with Crippen LogP contribution >= 0.6 is 0 Å². The van der Waals surface area contributed by atoms with E-state index in [1.165, 1.54) is 18.7 Å². The summed E-state index contributed by atoms with van der Waals surface area (Å²) in [6, 6.07) is 0. The van der Waals surface area contributed by atoms with Gasteiger partial charge in [0.2, 0.25) is 0 Å². The second-order valence-electron chi connectivity index (χ2n) is 3.30. The first-order valence-electron chi connectivity index (χ1n) is 4.17. The number of rotatable bonds is 5. The highest BCUT2D eigenvalue weighted by Gasteiger charge is 2.28. The van der Waals surface area contributed by atoms with Crippen LogP contribution in [0.2, 0.25) is 0 Å². The third-order valence-corrected chi connectivity index (χ3v) is 1.55. The Kier molecular flexibility index (Phi) is 4.90. The van der Waals surface area contributed by atoms with Crippen LogP contribution in [0.25, 0.3) is 0 Å². The molecule has 0 radical (unpaired) electrons. The number of carbonyl (C=O) groups is 1. The summed E-state index contributed by atoms with van der Waals surface area (Å²) < 4.78 is 0. The summed E-state index contributed by atoms with van der Waals surface area (Å²) in [5, 5.41) is 26.6. The Bertz CT molecular complexity index is 158. The van der Waals surface area contributed by atoms with E-state index in [1.807, 2.05) is 0 Å². The van der Waals surface area contributed by atoms with Gasteiger partial charge in [0.1, 0.15) is 5.60 Å². The zero-order valence-corrected chi connectivity index (χ0v) is 8.03. The van der Waals surface area contributed by atoms with Gasteiger partial charge in [-0.15, -0.1) is 0 Å². The molecule has 1 amide bonds. The van der Waals surface area contributed by atoms with Gasteiger partial charge in [-0.05, 0) is 13.8 Å². The Morgan fingerprint density at radius 3 is 1.85 bits per heavy atom. The normalized spacial score (nSPS) is 11.5. The Morgan fingerprint density at radius 1 is 1.23 bits per heavy atom. The lowest BCUT2D eigenvalue weighted by Crippen LogP contribution is -2.47. The van der Waals surface area contributed by atoms with Crippen molar-refractivity contribution in [1.29, 1.82) is 0 Å². The number of hydrogen-bond acceptors (Lipinski definition) is 4. The predicted octanol–water partition coefficient (Wildman–Crippen LogP) is -1.43. The molecule has 0 saturated heterocycles. The summed E-state index contributed by atoms with van der Waals surface area (Å²) in [4.78, 5) is 12.6. The molecule has 0 aromatic carbocycles. The smallest absolute Gasteiger partial charge is 0.254 e. The van der Waals surface area contributed by atoms with E-state index in [9.17, 15) is 9.90 Å². The quantitative estimate of drug-likeness (QED) is 0.497. The van der Waals surface area contributed by atoms with Gasteiger partial charge < -0.3 is 20.2 Å². The van der Waals surface area contributed by atoms with Crippen molar-refractivity contribution in [3.05, 3.63) is 0 Å². The molecule has 0 spiro atoms. The SMILES string of the molecule is CC(C)(O)C(=O)N(CCO)CCO. The standard InChI is InChI=1S/C8H17NO4/c1-8(2,13)7(12)9(3-5-10)4-6-11/h10-11,13H,3-6H2,1-2H3. The zero-order chi connectivity index (χ0) is 10.5. The molecular weight excluding hydrogens is 174 g/mol. The van der Waals surface area contributed by atoms with Crippen molar-refractivity contribution in [1.82, 2.24) is 4.90 Å². The fourth-order valence-corrected chi connectivity index (χ4v) is 0.943. The molecule has 13 heavy (non-hydrogen) atoms. The Balaban J connectivity index is 4.27. The van der Waals surface area contributed by atoms with Crippen molar-refractivity contribution in [2.75, 3.05) is 26.3 Å². The van der Waals surface area contributed by atoms with Crippen molar-refractivity contribution < 1.29 is 20.1 Å². The molecule has 3 N–H and O–H groups in total. The zero-order valence-electron chi connectivity index (χ0n) is 8.03. The molecule has 0 aliphatic carbocycles. The van der Waals surface area contributed by atoms with Crippen LogP contribution in [0.1, 0.15) is 13.8 Å². The van der Waals surface area contributed by atoms with Gasteiger partial charge >= 0.3 is 0 Å². The van der Waals surface area contributed by atoms with E-state index in [-0.39, 0.29) is 26.3 Å². The van der Waals surface area contributed by atoms with Crippen molar-refractivity contribution in [3.63, 3.8) is 0 Å². The van der Waals surface area contributed by atoms with Crippen molar-refractivity contribution >= 4 is 5.91 Å². The number of nitrogens with zero attached hydrogens (tertiary/aromatic N) is 1. The van der Waals surface area contributed by atoms with Crippen LogP contribution in [-0.2, 0) is 4.79 Å². The summed E-state index contributed by atoms with van der Waals surface area (Å²) in [6.45, 7) is 2.64. The lowest BCUT2D eigenvalue weighted by Gasteiger charge is -2.27. The van der Waals surface area contributed by atoms with Crippen LogP contribution in [0, 0.1) is 0 Å². The highest BCUT2D eigenvalue weighted by Crippen LogP contribution is 2.06. The van der Waals surface area contributed by atoms with Gasteiger partial charge in [-0.25, -0.2) is 0 Å². The van der Waals surface area contributed by atoms with E-state index < -0.39 is 11.5 Å². The molecule has 0 heterocycles. The molecule has 5 nitrogen and oxygen atoms in total. The van der Waals surface area contributed by atoms with Crippen molar-refractivity contribution in [2.24, 2.45) is 0 Å². The third kappa shape index (κ3) is 4.21. The molecule has 0 bridgehead atoms. The Hall–Kier alpha value is -0.650. The van der Waals surface area contributed by atoms with Crippen LogP contribution in [-0.4, -0.2) is 58.0 Å². The Morgan fingerprint density at radius 2 is 1.62 bits per heavy atom. The van der Waals surface area contributed by atoms with Crippen LogP contribution in [0.4, 0.5) is 0 Å². The highest BCUT2D eigenvalue weighted by molar-refractivity contribution is 5.84. The van der Waals surface area contributed by atoms with Gasteiger partial charge in [-0.1, -0.05) is 0 Å². The van der Waals surface area contributed by atoms with Crippen LogP contribution in [0.15, 0.2) is 0 Å². The van der Waals surface area contributed by atoms with E-state index in [2.05, 4.69) is 0 Å². The minimum absolute atomic E-state index is 0.128. The fraction of sp³-hybridized carbons (Fsp3) is 0.875. The largest absolute Gasteiger partial charge is 0.395 e. The van der Waals surface area contributed by atoms with E-state index in [0.717, 1.165) is 0 Å². The molecule has 0 aliphatic rings. The third-order valence-electron chi connectivity index (χ3n) is 1.55. The maximum absolute atomic E-state index is 11.4. The molecule has 0 unspecified atom stereocenters. The highest BCUT2D eigenvalue weighted by atomic mass is 16.3. The molecule has 5 heteroatoms. The molecule has 0 aromatic heterocycles. The van der Waals surface area contributed by atoms with E-state index in [4.69, 9.17) is 10.2 Å². The first-order chi connectivity index (χ1) is 5.93. The van der Waals surface area contributed by atoms with Gasteiger partial charge in [-0.3, -0.25) is 4.79 Å². The monoisotopic (exact) mass is 191 g/mol. The van der Waals surface area contributed by atoms with Gasteiger partial charge in [0.15, 0.2) is 0 Å². The topological polar surface area (TPSA) is 81.0 Å². The lowest BCUT2D eigenvalue weighted by atomic mass is 10.1. The molecular formula is C8H17NO4. The summed E-state index contributed by atoms with van der Waals surface area (Å²) in [6.07, 6.45) is 0. The molecule has 0 atom stereocenters. The number of hydrogen-bond donors (Lipinski definition) is 3. The van der Waals surface area contributed by atoms with E-state index >= 15 is 0 Å². The van der Waals surface area contributed by atoms with Gasteiger partial charge in [-0.2, -0.15) is 0 Å². The summed E-state index contributed by atoms with van der Waals surface area (Å²) in [7, 11) is 0. The average molecular weight is 191 g/mol. The lowest BCUT2D eigenvalue weighted by molar-refractivity contribution is -0.148. The molecule has 0 aromatic rings. The predicted molar refractivity (Wildman–Crippen MR) is 47.0 cm³/mol. The molecule has 0 aliphatic heterocycles. The molecule has 0 rings (SSSR count). The first-order valence-corrected chi connectivity index (χ1v) is 4.17. The summed E-state index contributed by atoms with van der Waals surface area (Å²) in [5.41, 5.74) is -1.45. The molecule has 0 fully saturated rings. The number of carbonyl (C=O) groups excluding carboxylic acids is 1. The van der Waals surface area contributed by atoms with Crippen LogP contribution in [0.3, 0.4) is 0 Å². The maximum atomic E-state index is 11.4. The second kappa shape index (κ2) is 5.16. The van der Waals surface area contributed by atoms with Crippen LogP contribution in [0.5, 0.6) is 0 Å². The van der Waals surface area contributed by atoms with Gasteiger partial charge in [0.05, 0.1) is 13.2 Å². The fourth-order valence-electron chi connectivity index (χ4n) is 0.943. The molecule has 0 saturated carbocycles. The Labute approximate surface area is 77.6 Å².